The molecular weight excluding hydrogens is 412 g/mol. The number of carbonyl (C=O) groups excluding carboxylic acids is 2. The van der Waals surface area contributed by atoms with Crippen LogP contribution in [0.15, 0.2) is 41.3 Å². The number of phenols is 1. The number of nitrogens with zero attached hydrogens (tertiary/aromatic N) is 2. The van der Waals surface area contributed by atoms with Gasteiger partial charge in [0.25, 0.3) is 11.1 Å². The van der Waals surface area contributed by atoms with Gasteiger partial charge in [-0.25, -0.2) is 0 Å². The van der Waals surface area contributed by atoms with Crippen LogP contribution in [-0.4, -0.2) is 46.3 Å². The molecule has 9 nitrogen and oxygen atoms in total. The van der Waals surface area contributed by atoms with Gasteiger partial charge in [0.1, 0.15) is 12.4 Å². The van der Waals surface area contributed by atoms with Crippen molar-refractivity contribution >= 4 is 34.7 Å². The predicted molar refractivity (Wildman–Crippen MR) is 111 cm³/mol. The van der Waals surface area contributed by atoms with Gasteiger partial charge in [0.2, 0.25) is 5.75 Å². The third-order valence-electron chi connectivity index (χ3n) is 4.24. The Balaban J connectivity index is 1.74. The lowest BCUT2D eigenvalue weighted by molar-refractivity contribution is -0.386. The van der Waals surface area contributed by atoms with Crippen molar-refractivity contribution < 1.29 is 29.1 Å². The summed E-state index contributed by atoms with van der Waals surface area (Å²) < 4.78 is 10.5. The molecule has 2 aromatic rings. The normalized spacial score (nSPS) is 15.0. The molecule has 1 N–H and O–H groups in total. The monoisotopic (exact) mass is 430 g/mol. The van der Waals surface area contributed by atoms with Gasteiger partial charge < -0.3 is 14.6 Å². The van der Waals surface area contributed by atoms with E-state index in [1.54, 1.807) is 6.07 Å². The number of nitro groups is 1. The van der Waals surface area contributed by atoms with Crippen molar-refractivity contribution in [3.8, 4) is 17.2 Å². The Labute approximate surface area is 176 Å². The molecule has 0 spiro atoms. The average Bonchev–Trinajstić information content (AvgIpc) is 2.96. The van der Waals surface area contributed by atoms with Gasteiger partial charge >= 0.3 is 5.69 Å². The molecule has 2 aromatic carbocycles. The first-order valence-corrected chi connectivity index (χ1v) is 9.62. The van der Waals surface area contributed by atoms with Crippen molar-refractivity contribution in [2.45, 2.75) is 6.92 Å². The first kappa shape index (κ1) is 21.2. The van der Waals surface area contributed by atoms with E-state index in [1.165, 1.54) is 19.3 Å². The van der Waals surface area contributed by atoms with Crippen molar-refractivity contribution in [2.75, 3.05) is 20.3 Å². The zero-order chi connectivity index (χ0) is 21.8. The number of hydrogen-bond donors (Lipinski definition) is 1. The van der Waals surface area contributed by atoms with Crippen LogP contribution in [0.2, 0.25) is 0 Å². The van der Waals surface area contributed by atoms with Crippen LogP contribution < -0.4 is 9.47 Å². The van der Waals surface area contributed by atoms with Crippen molar-refractivity contribution in [3.05, 3.63) is 62.5 Å². The highest BCUT2D eigenvalue weighted by Gasteiger charge is 2.35. The van der Waals surface area contributed by atoms with E-state index in [0.29, 0.717) is 5.75 Å². The number of phenolic OH excluding ortho intramolecular Hbond substituents is 1. The average molecular weight is 430 g/mol. The minimum Gasteiger partial charge on any atom is -0.500 e. The van der Waals surface area contributed by atoms with Gasteiger partial charge in [0, 0.05) is 6.07 Å². The van der Waals surface area contributed by atoms with Crippen LogP contribution in [0.5, 0.6) is 17.2 Å². The van der Waals surface area contributed by atoms with E-state index < -0.39 is 27.5 Å². The van der Waals surface area contributed by atoms with E-state index in [9.17, 15) is 24.8 Å². The van der Waals surface area contributed by atoms with E-state index in [0.717, 1.165) is 28.3 Å². The molecule has 1 aliphatic rings. The highest BCUT2D eigenvalue weighted by Crippen LogP contribution is 2.39. The highest BCUT2D eigenvalue weighted by atomic mass is 32.2. The second-order valence-electron chi connectivity index (χ2n) is 6.35. The summed E-state index contributed by atoms with van der Waals surface area (Å²) >= 11 is 0.727. The molecule has 156 valence electrons. The molecule has 30 heavy (non-hydrogen) atoms. The van der Waals surface area contributed by atoms with Crippen LogP contribution in [-0.2, 0) is 4.79 Å². The first-order valence-electron chi connectivity index (χ1n) is 8.80. The standard InChI is InChI=1S/C20H18N2O7S/c1-12-4-3-5-14(8-12)29-7-6-21-19(24)17(30-20(21)25)11-13-9-15(22(26)27)18(23)16(10-13)28-2/h3-5,8-11,23H,6-7H2,1-2H3/b17-11-. The second kappa shape index (κ2) is 8.87. The van der Waals surface area contributed by atoms with E-state index in [4.69, 9.17) is 9.47 Å². The summed E-state index contributed by atoms with van der Waals surface area (Å²) in [7, 11) is 1.25. The third kappa shape index (κ3) is 4.54. The minimum atomic E-state index is -0.760. The Kier molecular flexibility index (Phi) is 6.26. The van der Waals surface area contributed by atoms with Gasteiger partial charge in [-0.1, -0.05) is 12.1 Å². The summed E-state index contributed by atoms with van der Waals surface area (Å²) in [6, 6.07) is 9.85. The maximum atomic E-state index is 12.6. The number of amides is 2. The quantitative estimate of drug-likeness (QED) is 0.401. The molecule has 1 heterocycles. The Bertz CT molecular complexity index is 1050. The van der Waals surface area contributed by atoms with Crippen LogP contribution in [0.3, 0.4) is 0 Å². The van der Waals surface area contributed by atoms with E-state index in [2.05, 4.69) is 0 Å². The Morgan fingerprint density at radius 2 is 2.03 bits per heavy atom. The van der Waals surface area contributed by atoms with Gasteiger partial charge in [-0.3, -0.25) is 24.6 Å². The Morgan fingerprint density at radius 3 is 2.70 bits per heavy atom. The van der Waals surface area contributed by atoms with Gasteiger partial charge in [0.05, 0.1) is 23.5 Å². The molecule has 1 aliphatic heterocycles. The van der Waals surface area contributed by atoms with Gasteiger partial charge in [-0.05, 0) is 54.1 Å². The fourth-order valence-electron chi connectivity index (χ4n) is 2.80. The third-order valence-corrected chi connectivity index (χ3v) is 5.15. The summed E-state index contributed by atoms with van der Waals surface area (Å²) in [4.78, 5) is 36.4. The number of nitro benzene ring substituents is 1. The lowest BCUT2D eigenvalue weighted by Crippen LogP contribution is -2.32. The van der Waals surface area contributed by atoms with E-state index in [1.807, 2.05) is 25.1 Å². The summed E-state index contributed by atoms with van der Waals surface area (Å²) in [6.07, 6.45) is 1.35. The van der Waals surface area contributed by atoms with Gasteiger partial charge in [0.15, 0.2) is 5.75 Å². The summed E-state index contributed by atoms with van der Waals surface area (Å²) in [5.41, 5.74) is 0.712. The maximum Gasteiger partial charge on any atom is 0.315 e. The number of carbonyl (C=O) groups is 2. The molecular formula is C20H18N2O7S. The smallest absolute Gasteiger partial charge is 0.315 e. The lowest BCUT2D eigenvalue weighted by Gasteiger charge is -2.13. The number of aryl methyl sites for hydroxylation is 1. The summed E-state index contributed by atoms with van der Waals surface area (Å²) in [5, 5.41) is 20.5. The van der Waals surface area contributed by atoms with Crippen LogP contribution in [0.1, 0.15) is 11.1 Å². The highest BCUT2D eigenvalue weighted by molar-refractivity contribution is 8.18. The molecule has 3 rings (SSSR count). The molecule has 0 unspecified atom stereocenters. The zero-order valence-corrected chi connectivity index (χ0v) is 17.0. The molecule has 0 atom stereocenters. The maximum absolute atomic E-state index is 12.6. The number of thioether (sulfide) groups is 1. The molecule has 2 amide bonds. The summed E-state index contributed by atoms with van der Waals surface area (Å²) in [6.45, 7) is 2.12. The fourth-order valence-corrected chi connectivity index (χ4v) is 3.66. The molecule has 10 heteroatoms. The van der Waals surface area contributed by atoms with Crippen molar-refractivity contribution in [2.24, 2.45) is 0 Å². The van der Waals surface area contributed by atoms with Crippen molar-refractivity contribution in [1.82, 2.24) is 4.90 Å². The number of ether oxygens (including phenoxy) is 2. The largest absolute Gasteiger partial charge is 0.500 e. The molecule has 0 bridgehead atoms. The van der Waals surface area contributed by atoms with Gasteiger partial charge in [-0.15, -0.1) is 0 Å². The predicted octanol–water partition coefficient (Wildman–Crippen LogP) is 3.73. The topological polar surface area (TPSA) is 119 Å². The molecule has 0 aliphatic carbocycles. The number of aromatic hydroxyl groups is 1. The first-order chi connectivity index (χ1) is 14.3. The SMILES string of the molecule is COc1cc(/C=C2\SC(=O)N(CCOc3cccc(C)c3)C2=O)cc([N+](=O)[O-])c1O. The van der Waals surface area contributed by atoms with Gasteiger partial charge in [-0.2, -0.15) is 0 Å². The number of methoxy groups -OCH3 is 1. The molecule has 1 fully saturated rings. The Morgan fingerprint density at radius 1 is 1.27 bits per heavy atom. The number of rotatable bonds is 7. The fraction of sp³-hybridized carbons (Fsp3) is 0.200. The van der Waals surface area contributed by atoms with Crippen LogP contribution in [0, 0.1) is 17.0 Å². The second-order valence-corrected chi connectivity index (χ2v) is 7.34. The van der Waals surface area contributed by atoms with Crippen LogP contribution in [0.4, 0.5) is 10.5 Å². The minimum absolute atomic E-state index is 0.0645. The summed E-state index contributed by atoms with van der Waals surface area (Å²) in [5.74, 6) is -0.601. The molecule has 1 saturated heterocycles. The van der Waals surface area contributed by atoms with Crippen LogP contribution >= 0.6 is 11.8 Å². The zero-order valence-electron chi connectivity index (χ0n) is 16.2. The van der Waals surface area contributed by atoms with Crippen molar-refractivity contribution in [3.63, 3.8) is 0 Å². The van der Waals surface area contributed by atoms with E-state index in [-0.39, 0.29) is 29.4 Å². The Hall–Kier alpha value is -3.53. The molecule has 0 aromatic heterocycles. The van der Waals surface area contributed by atoms with Crippen LogP contribution in [0.25, 0.3) is 6.08 Å². The molecule has 0 radical (unpaired) electrons. The van der Waals surface area contributed by atoms with Crippen molar-refractivity contribution in [1.29, 1.82) is 0 Å². The lowest BCUT2D eigenvalue weighted by atomic mass is 10.1. The van der Waals surface area contributed by atoms with E-state index >= 15 is 0 Å². The number of hydrogen-bond acceptors (Lipinski definition) is 8. The number of benzene rings is 2. The number of imide groups is 1. The molecule has 0 saturated carbocycles.